The lowest BCUT2D eigenvalue weighted by Gasteiger charge is -2.51. The minimum absolute atomic E-state index is 0.111. The maximum Gasteiger partial charge on any atom is 0.306 e. The van der Waals surface area contributed by atoms with Crippen molar-refractivity contribution in [2.75, 3.05) is 0 Å². The summed E-state index contributed by atoms with van der Waals surface area (Å²) >= 11 is 0. The molecule has 2 N–H and O–H groups in total. The molecule has 2 rings (SSSR count). The molecule has 1 heterocycles. The van der Waals surface area contributed by atoms with Crippen molar-refractivity contribution in [3.8, 4) is 0 Å². The lowest BCUT2D eigenvalue weighted by molar-refractivity contribution is -0.144. The number of aliphatic hydroxyl groups is 1. The van der Waals surface area contributed by atoms with E-state index in [2.05, 4.69) is 40.7 Å². The Morgan fingerprint density at radius 3 is 2.59 bits per heavy atom. The standard InChI is InChI=1S/C30H50O4/c1-8-30-25(6)24(5)27(31)20-26(30)17-19-29(7,34-30)18-11-15-22(3)13-9-12-21(2)14-10-16-23(4)28(32)33/h12,20,22-23,27,31H,8-11,13-19H2,1-7H3,(H,32,33). The predicted molar refractivity (Wildman–Crippen MR) is 141 cm³/mol. The highest BCUT2D eigenvalue weighted by molar-refractivity contribution is 5.69. The molecule has 0 bridgehead atoms. The monoisotopic (exact) mass is 474 g/mol. The first-order valence-electron chi connectivity index (χ1n) is 13.6. The molecule has 5 atom stereocenters. The number of rotatable bonds is 13. The Morgan fingerprint density at radius 2 is 1.94 bits per heavy atom. The summed E-state index contributed by atoms with van der Waals surface area (Å²) in [6.45, 7) is 15.0. The lowest BCUT2D eigenvalue weighted by atomic mass is 9.70. The van der Waals surface area contributed by atoms with E-state index in [-0.39, 0.29) is 17.1 Å². The molecule has 0 aromatic carbocycles. The van der Waals surface area contributed by atoms with Crippen molar-refractivity contribution < 1.29 is 19.7 Å². The van der Waals surface area contributed by atoms with Crippen molar-refractivity contribution >= 4 is 5.97 Å². The fourth-order valence-electron chi connectivity index (χ4n) is 5.77. The summed E-state index contributed by atoms with van der Waals surface area (Å²) in [7, 11) is 0. The Hall–Kier alpha value is -1.39. The van der Waals surface area contributed by atoms with E-state index in [4.69, 9.17) is 9.84 Å². The summed E-state index contributed by atoms with van der Waals surface area (Å²) in [6, 6.07) is 0. The van der Waals surface area contributed by atoms with E-state index in [0.717, 1.165) is 56.9 Å². The van der Waals surface area contributed by atoms with Gasteiger partial charge in [0.1, 0.15) is 5.60 Å². The van der Waals surface area contributed by atoms with Crippen LogP contribution in [0.15, 0.2) is 34.4 Å². The van der Waals surface area contributed by atoms with E-state index in [0.29, 0.717) is 5.92 Å². The molecule has 4 nitrogen and oxygen atoms in total. The molecule has 0 saturated carbocycles. The van der Waals surface area contributed by atoms with E-state index >= 15 is 0 Å². The third kappa shape index (κ3) is 7.31. The Kier molecular flexibility index (Phi) is 10.6. The quantitative estimate of drug-likeness (QED) is 0.268. The Balaban J connectivity index is 1.77. The van der Waals surface area contributed by atoms with E-state index in [1.54, 1.807) is 6.92 Å². The van der Waals surface area contributed by atoms with Crippen LogP contribution in [0.5, 0.6) is 0 Å². The van der Waals surface area contributed by atoms with Gasteiger partial charge in [-0.3, -0.25) is 4.79 Å². The number of carbonyl (C=O) groups is 1. The molecule has 4 heteroatoms. The lowest BCUT2D eigenvalue weighted by Crippen LogP contribution is -2.51. The van der Waals surface area contributed by atoms with Crippen LogP contribution in [0.4, 0.5) is 0 Å². The molecule has 0 aromatic heterocycles. The molecule has 0 amide bonds. The first kappa shape index (κ1) is 28.8. The van der Waals surface area contributed by atoms with Gasteiger partial charge in [0.05, 0.1) is 17.6 Å². The number of carboxylic acids is 1. The highest BCUT2D eigenvalue weighted by Gasteiger charge is 2.48. The number of fused-ring (bicyclic) bond motifs is 1. The van der Waals surface area contributed by atoms with Gasteiger partial charge in [-0.05, 0) is 114 Å². The van der Waals surface area contributed by atoms with Crippen LogP contribution < -0.4 is 0 Å². The fourth-order valence-corrected chi connectivity index (χ4v) is 5.77. The van der Waals surface area contributed by atoms with E-state index in [9.17, 15) is 9.90 Å². The first-order chi connectivity index (χ1) is 15.9. The molecule has 1 aliphatic carbocycles. The number of aliphatic hydroxyl groups excluding tert-OH is 1. The van der Waals surface area contributed by atoms with E-state index < -0.39 is 12.1 Å². The summed E-state index contributed by atoms with van der Waals surface area (Å²) in [5, 5.41) is 19.4. The van der Waals surface area contributed by atoms with Crippen LogP contribution in [0.3, 0.4) is 0 Å². The van der Waals surface area contributed by atoms with E-state index in [1.807, 2.05) is 13.0 Å². The number of allylic oxidation sites excluding steroid dienone is 2. The third-order valence-corrected chi connectivity index (χ3v) is 8.55. The van der Waals surface area contributed by atoms with Gasteiger partial charge in [0.15, 0.2) is 0 Å². The molecule has 34 heavy (non-hydrogen) atoms. The SMILES string of the molecule is CCC12OC(C)(CCCC(C)CCC=C(C)CCCC(C)C(=O)O)CCC1=CC(O)C(C)=C2C. The molecule has 1 aliphatic heterocycles. The molecular formula is C30H50O4. The average Bonchev–Trinajstić information content (AvgIpc) is 2.78. The van der Waals surface area contributed by atoms with Crippen LogP contribution in [-0.2, 0) is 9.53 Å². The van der Waals surface area contributed by atoms with Crippen molar-refractivity contribution in [1.29, 1.82) is 0 Å². The average molecular weight is 475 g/mol. The molecule has 0 radical (unpaired) electrons. The van der Waals surface area contributed by atoms with Crippen molar-refractivity contribution in [1.82, 2.24) is 0 Å². The molecule has 5 unspecified atom stereocenters. The zero-order valence-corrected chi connectivity index (χ0v) is 22.9. The number of ether oxygens (including phenoxy) is 1. The molecule has 2 aliphatic rings. The van der Waals surface area contributed by atoms with Gasteiger partial charge in [0.2, 0.25) is 0 Å². The van der Waals surface area contributed by atoms with Gasteiger partial charge in [-0.2, -0.15) is 0 Å². The van der Waals surface area contributed by atoms with Gasteiger partial charge in [0.25, 0.3) is 0 Å². The maximum absolute atomic E-state index is 10.9. The molecule has 1 fully saturated rings. The Labute approximate surface area is 208 Å². The minimum atomic E-state index is -0.691. The van der Waals surface area contributed by atoms with Crippen molar-refractivity contribution in [2.45, 2.75) is 136 Å². The predicted octanol–water partition coefficient (Wildman–Crippen LogP) is 7.77. The number of hydrogen-bond acceptors (Lipinski definition) is 3. The van der Waals surface area contributed by atoms with E-state index in [1.165, 1.54) is 36.0 Å². The molecular weight excluding hydrogens is 424 g/mol. The molecule has 1 saturated heterocycles. The number of carboxylic acid groups (broad SMARTS) is 1. The second-order valence-electron chi connectivity index (χ2n) is 11.4. The highest BCUT2D eigenvalue weighted by Crippen LogP contribution is 2.50. The topological polar surface area (TPSA) is 66.8 Å². The van der Waals surface area contributed by atoms with Crippen molar-refractivity contribution in [3.05, 3.63) is 34.4 Å². The number of hydrogen-bond donors (Lipinski definition) is 2. The summed E-state index contributed by atoms with van der Waals surface area (Å²) in [5.41, 5.74) is 4.48. The zero-order valence-electron chi connectivity index (χ0n) is 22.9. The number of aliphatic carboxylic acids is 1. The highest BCUT2D eigenvalue weighted by atomic mass is 16.5. The van der Waals surface area contributed by atoms with Gasteiger partial charge < -0.3 is 14.9 Å². The second-order valence-corrected chi connectivity index (χ2v) is 11.4. The maximum atomic E-state index is 10.9. The van der Waals surface area contributed by atoms with Crippen LogP contribution in [0.25, 0.3) is 0 Å². The van der Waals surface area contributed by atoms with Crippen LogP contribution in [-0.4, -0.2) is 33.5 Å². The van der Waals surface area contributed by atoms with Gasteiger partial charge in [-0.15, -0.1) is 0 Å². The summed E-state index contributed by atoms with van der Waals surface area (Å²) in [5.74, 6) is -0.247. The van der Waals surface area contributed by atoms with Gasteiger partial charge in [-0.1, -0.05) is 45.3 Å². The summed E-state index contributed by atoms with van der Waals surface area (Å²) in [4.78, 5) is 10.9. The summed E-state index contributed by atoms with van der Waals surface area (Å²) in [6.07, 6.45) is 15.4. The second kappa shape index (κ2) is 12.5. The van der Waals surface area contributed by atoms with Crippen molar-refractivity contribution in [3.63, 3.8) is 0 Å². The van der Waals surface area contributed by atoms with Crippen LogP contribution in [0, 0.1) is 11.8 Å². The minimum Gasteiger partial charge on any atom is -0.481 e. The fraction of sp³-hybridized carbons (Fsp3) is 0.767. The van der Waals surface area contributed by atoms with Gasteiger partial charge in [-0.25, -0.2) is 0 Å². The Bertz CT molecular complexity index is 792. The van der Waals surface area contributed by atoms with Gasteiger partial charge >= 0.3 is 5.97 Å². The smallest absolute Gasteiger partial charge is 0.306 e. The first-order valence-corrected chi connectivity index (χ1v) is 13.6. The van der Waals surface area contributed by atoms with Crippen molar-refractivity contribution in [2.24, 2.45) is 11.8 Å². The largest absolute Gasteiger partial charge is 0.481 e. The summed E-state index contributed by atoms with van der Waals surface area (Å²) < 4.78 is 6.93. The zero-order chi connectivity index (χ0) is 25.5. The van der Waals surface area contributed by atoms with Crippen LogP contribution >= 0.6 is 0 Å². The molecule has 0 aromatic rings. The van der Waals surface area contributed by atoms with Gasteiger partial charge in [0, 0.05) is 0 Å². The Morgan fingerprint density at radius 1 is 1.24 bits per heavy atom. The molecule has 0 spiro atoms. The molecule has 194 valence electrons. The van der Waals surface area contributed by atoms with Crippen LogP contribution in [0.1, 0.15) is 119 Å². The third-order valence-electron chi connectivity index (χ3n) is 8.55. The normalized spacial score (nSPS) is 29.5. The van der Waals surface area contributed by atoms with Crippen LogP contribution in [0.2, 0.25) is 0 Å².